The van der Waals surface area contributed by atoms with Crippen molar-refractivity contribution in [2.75, 3.05) is 4.90 Å². The van der Waals surface area contributed by atoms with Crippen LogP contribution in [0.25, 0.3) is 97.3 Å². The van der Waals surface area contributed by atoms with Crippen LogP contribution in [-0.2, 0) is 0 Å². The van der Waals surface area contributed by atoms with Crippen molar-refractivity contribution in [2.24, 2.45) is 0 Å². The number of hydrogen-bond donors (Lipinski definition) is 0. The van der Waals surface area contributed by atoms with Crippen LogP contribution in [0.3, 0.4) is 0 Å². The minimum absolute atomic E-state index is 1.13. The van der Waals surface area contributed by atoms with Crippen molar-refractivity contribution >= 4 is 103 Å². The molecule has 12 rings (SSSR count). The summed E-state index contributed by atoms with van der Waals surface area (Å²) >= 11 is 0. The summed E-state index contributed by atoms with van der Waals surface area (Å²) in [4.78, 5) is 2.52. The van der Waals surface area contributed by atoms with E-state index in [0.29, 0.717) is 0 Å². The summed E-state index contributed by atoms with van der Waals surface area (Å²) in [6, 6.07) is 70.0. The van der Waals surface area contributed by atoms with E-state index in [1.54, 1.807) is 0 Å². The Morgan fingerprint density at radius 3 is 1.28 bits per heavy atom. The lowest BCUT2D eigenvalue weighted by Crippen LogP contribution is -2.12. The second-order valence-corrected chi connectivity index (χ2v) is 14.4. The van der Waals surface area contributed by atoms with Gasteiger partial charge in [-0.25, -0.2) is 0 Å². The van der Waals surface area contributed by atoms with E-state index in [1.807, 2.05) is 0 Å². The summed E-state index contributed by atoms with van der Waals surface area (Å²) in [5.41, 5.74) is 6.05. The molecule has 12 aromatic rings. The topological polar surface area (TPSA) is 3.24 Å². The van der Waals surface area contributed by atoms with E-state index >= 15 is 0 Å². The molecule has 0 heterocycles. The van der Waals surface area contributed by atoms with E-state index in [-0.39, 0.29) is 0 Å². The molecule has 1 nitrogen and oxygen atoms in total. The Hall–Kier alpha value is -6.96. The molecule has 0 aliphatic carbocycles. The smallest absolute Gasteiger partial charge is 0.0619 e. The maximum Gasteiger partial charge on any atom is 0.0619 e. The molecule has 0 atom stereocenters. The quantitative estimate of drug-likeness (QED) is 0.133. The Kier molecular flexibility index (Phi) is 5.84. The summed E-state index contributed by atoms with van der Waals surface area (Å²) in [5, 5.41) is 20.5. The van der Waals surface area contributed by atoms with Crippen molar-refractivity contribution < 1.29 is 0 Å². The molecule has 0 radical (unpaired) electrons. The summed E-state index contributed by atoms with van der Waals surface area (Å²) in [6.45, 7) is 0. The zero-order valence-electron chi connectivity index (χ0n) is 28.8. The Morgan fingerprint density at radius 2 is 0.698 bits per heavy atom. The Labute approximate surface area is 306 Å². The molecule has 0 saturated heterocycles. The second-order valence-electron chi connectivity index (χ2n) is 14.4. The van der Waals surface area contributed by atoms with Gasteiger partial charge in [0.05, 0.1) is 11.4 Å². The lowest BCUT2D eigenvalue weighted by Gasteiger charge is -2.31. The first-order chi connectivity index (χ1) is 26.3. The molecule has 0 amide bonds. The Morgan fingerprint density at radius 1 is 0.264 bits per heavy atom. The van der Waals surface area contributed by atoms with Crippen molar-refractivity contribution in [1.29, 1.82) is 0 Å². The van der Waals surface area contributed by atoms with Gasteiger partial charge in [-0.3, -0.25) is 0 Å². The molecule has 0 aliphatic rings. The van der Waals surface area contributed by atoms with Crippen molar-refractivity contribution in [2.45, 2.75) is 0 Å². The average molecular weight is 670 g/mol. The number of para-hydroxylation sites is 1. The van der Waals surface area contributed by atoms with Crippen LogP contribution in [0.15, 0.2) is 188 Å². The van der Waals surface area contributed by atoms with Crippen LogP contribution < -0.4 is 4.90 Å². The van der Waals surface area contributed by atoms with Crippen LogP contribution in [0.1, 0.15) is 0 Å². The minimum atomic E-state index is 1.13. The molecule has 12 aromatic carbocycles. The van der Waals surface area contributed by atoms with Crippen LogP contribution in [0.4, 0.5) is 17.1 Å². The summed E-state index contributed by atoms with van der Waals surface area (Å²) in [5.74, 6) is 0. The first-order valence-electron chi connectivity index (χ1n) is 18.4. The summed E-state index contributed by atoms with van der Waals surface area (Å²) in [7, 11) is 0. The molecule has 244 valence electrons. The van der Waals surface area contributed by atoms with Crippen molar-refractivity contribution in [3.63, 3.8) is 0 Å². The highest BCUT2D eigenvalue weighted by Gasteiger charge is 2.25. The van der Waals surface area contributed by atoms with E-state index in [1.165, 1.54) is 109 Å². The van der Waals surface area contributed by atoms with Gasteiger partial charge < -0.3 is 4.90 Å². The van der Waals surface area contributed by atoms with Gasteiger partial charge in [-0.05, 0) is 99.3 Å². The molecule has 1 heteroatoms. The lowest BCUT2D eigenvalue weighted by atomic mass is 9.85. The first kappa shape index (κ1) is 28.7. The molecule has 0 bridgehead atoms. The number of rotatable bonds is 4. The third-order valence-electron chi connectivity index (χ3n) is 11.7. The minimum Gasteiger partial charge on any atom is -0.309 e. The monoisotopic (exact) mass is 669 g/mol. The molecule has 0 unspecified atom stereocenters. The lowest BCUT2D eigenvalue weighted by molar-refractivity contribution is 1.33. The fraction of sp³-hybridized carbons (Fsp3) is 0. The predicted octanol–water partition coefficient (Wildman–Crippen LogP) is 14.9. The fourth-order valence-electron chi connectivity index (χ4n) is 9.47. The summed E-state index contributed by atoms with van der Waals surface area (Å²) in [6.07, 6.45) is 0. The number of fused-ring (bicyclic) bond motifs is 2. The molecular weight excluding hydrogens is 639 g/mol. The van der Waals surface area contributed by atoms with Crippen LogP contribution in [0, 0.1) is 0 Å². The van der Waals surface area contributed by atoms with Gasteiger partial charge in [-0.2, -0.15) is 0 Å². The van der Waals surface area contributed by atoms with E-state index < -0.39 is 0 Å². The van der Waals surface area contributed by atoms with Gasteiger partial charge in [-0.1, -0.05) is 170 Å². The highest BCUT2D eigenvalue weighted by Crippen LogP contribution is 2.52. The van der Waals surface area contributed by atoms with E-state index in [0.717, 1.165) is 5.69 Å². The third-order valence-corrected chi connectivity index (χ3v) is 11.7. The van der Waals surface area contributed by atoms with E-state index in [2.05, 4.69) is 193 Å². The number of anilines is 3. The zero-order chi connectivity index (χ0) is 34.6. The fourth-order valence-corrected chi connectivity index (χ4v) is 9.47. The molecule has 0 saturated carbocycles. The number of hydrogen-bond acceptors (Lipinski definition) is 1. The Balaban J connectivity index is 1.22. The Bertz CT molecular complexity index is 3310. The zero-order valence-corrected chi connectivity index (χ0v) is 28.8. The first-order valence-corrected chi connectivity index (χ1v) is 18.4. The van der Waals surface area contributed by atoms with Crippen LogP contribution >= 0.6 is 0 Å². The highest BCUT2D eigenvalue weighted by atomic mass is 15.1. The molecule has 0 fully saturated rings. The van der Waals surface area contributed by atoms with E-state index in [4.69, 9.17) is 0 Å². The molecule has 0 spiro atoms. The van der Waals surface area contributed by atoms with Gasteiger partial charge in [0.25, 0.3) is 0 Å². The normalized spacial score (nSPS) is 12.2. The summed E-state index contributed by atoms with van der Waals surface area (Å²) < 4.78 is 0. The van der Waals surface area contributed by atoms with Crippen molar-refractivity contribution in [1.82, 2.24) is 0 Å². The predicted molar refractivity (Wildman–Crippen MR) is 229 cm³/mol. The average Bonchev–Trinajstić information content (AvgIpc) is 3.22. The maximum absolute atomic E-state index is 2.52. The van der Waals surface area contributed by atoms with Crippen LogP contribution in [0.5, 0.6) is 0 Å². The van der Waals surface area contributed by atoms with Gasteiger partial charge in [-0.15, -0.1) is 0 Å². The van der Waals surface area contributed by atoms with Gasteiger partial charge >= 0.3 is 0 Å². The van der Waals surface area contributed by atoms with Gasteiger partial charge in [0.15, 0.2) is 0 Å². The molecule has 53 heavy (non-hydrogen) atoms. The van der Waals surface area contributed by atoms with Gasteiger partial charge in [0.1, 0.15) is 0 Å². The second kappa shape index (κ2) is 10.8. The SMILES string of the molecule is c1ccc(N(c2c3ccccc3c(-c3ccc4ccc5cccc6ccc3c4c56)c3ccccc23)c2ccc3ccc4cccc5ccc2c3c45)cc1. The number of nitrogens with zero attached hydrogens (tertiary/aromatic N) is 1. The molecule has 0 aliphatic heterocycles. The molecule has 0 N–H and O–H groups in total. The van der Waals surface area contributed by atoms with Crippen LogP contribution in [0.2, 0.25) is 0 Å². The highest BCUT2D eigenvalue weighted by molar-refractivity contribution is 6.31. The van der Waals surface area contributed by atoms with Crippen LogP contribution in [-0.4, -0.2) is 0 Å². The molecular formula is C52H31N. The molecule has 0 aromatic heterocycles. The van der Waals surface area contributed by atoms with Crippen molar-refractivity contribution in [3.8, 4) is 11.1 Å². The van der Waals surface area contributed by atoms with E-state index in [9.17, 15) is 0 Å². The van der Waals surface area contributed by atoms with Crippen molar-refractivity contribution in [3.05, 3.63) is 188 Å². The number of benzene rings is 12. The largest absolute Gasteiger partial charge is 0.309 e. The standard InChI is InChI=1S/C52H31N/c1-2-14-38(15-3-1)53(46-31-27-37-23-21-33-11-9-13-35-26-30-45(46)50(37)48(33)35)52-43-18-6-4-16-39(43)51(40-17-5-7-19-44(40)52)42-29-25-36-22-20-32-10-8-12-34-24-28-41(42)49(36)47(32)34/h1-31H. The maximum atomic E-state index is 2.52. The van der Waals surface area contributed by atoms with Gasteiger partial charge in [0.2, 0.25) is 0 Å². The third kappa shape index (κ3) is 3.97. The van der Waals surface area contributed by atoms with Gasteiger partial charge in [0, 0.05) is 21.8 Å².